The molecule has 20 heavy (non-hydrogen) atoms. The molecule has 0 fully saturated rings. The van der Waals surface area contributed by atoms with E-state index in [1.54, 1.807) is 35.4 Å². The van der Waals surface area contributed by atoms with E-state index in [1.807, 2.05) is 26.0 Å². The Morgan fingerprint density at radius 3 is 2.60 bits per heavy atom. The van der Waals surface area contributed by atoms with Crippen LogP contribution in [-0.2, 0) is 0 Å². The predicted octanol–water partition coefficient (Wildman–Crippen LogP) is 4.59. The highest BCUT2D eigenvalue weighted by atomic mass is 35.5. The Labute approximate surface area is 132 Å². The third kappa shape index (κ3) is 3.14. The van der Waals surface area contributed by atoms with Crippen LogP contribution in [-0.4, -0.2) is 22.8 Å². The number of nitrogens with zero attached hydrogens (tertiary/aromatic N) is 2. The molecular formula is C14H14Cl2N2OS. The number of hydrogen-bond acceptors (Lipinski definition) is 3. The minimum atomic E-state index is -0.240. The van der Waals surface area contributed by atoms with Gasteiger partial charge in [-0.25, -0.2) is 4.98 Å². The SMILES string of the molecule is Cc1ccc(C(C)N(C)C(=O)c2nc(Cl)ccc2Cl)s1. The lowest BCUT2D eigenvalue weighted by Crippen LogP contribution is -2.30. The van der Waals surface area contributed by atoms with Crippen LogP contribution >= 0.6 is 34.5 Å². The average Bonchev–Trinajstić information content (AvgIpc) is 2.85. The van der Waals surface area contributed by atoms with Crippen molar-refractivity contribution in [1.82, 2.24) is 9.88 Å². The number of amides is 1. The van der Waals surface area contributed by atoms with Crippen molar-refractivity contribution < 1.29 is 4.79 Å². The topological polar surface area (TPSA) is 33.2 Å². The highest BCUT2D eigenvalue weighted by Crippen LogP contribution is 2.28. The molecule has 2 aromatic rings. The lowest BCUT2D eigenvalue weighted by atomic mass is 10.2. The molecule has 0 saturated heterocycles. The van der Waals surface area contributed by atoms with Gasteiger partial charge in [0.25, 0.3) is 5.91 Å². The summed E-state index contributed by atoms with van der Waals surface area (Å²) < 4.78 is 0. The number of halogens is 2. The minimum absolute atomic E-state index is 0.0435. The van der Waals surface area contributed by atoms with Gasteiger partial charge in [0.05, 0.1) is 11.1 Å². The zero-order valence-electron chi connectivity index (χ0n) is 11.4. The van der Waals surface area contributed by atoms with Crippen molar-refractivity contribution >= 4 is 40.4 Å². The van der Waals surface area contributed by atoms with Crippen LogP contribution in [0.5, 0.6) is 0 Å². The standard InChI is InChI=1S/C14H14Cl2N2OS/c1-8-4-6-11(20-8)9(2)18(3)14(19)13-10(15)5-7-12(16)17-13/h4-7,9H,1-3H3. The van der Waals surface area contributed by atoms with Crippen molar-refractivity contribution in [2.75, 3.05) is 7.05 Å². The number of thiophene rings is 1. The summed E-state index contributed by atoms with van der Waals surface area (Å²) in [5.74, 6) is -0.240. The van der Waals surface area contributed by atoms with Gasteiger partial charge in [-0.05, 0) is 38.1 Å². The number of rotatable bonds is 3. The van der Waals surface area contributed by atoms with E-state index in [2.05, 4.69) is 4.98 Å². The first-order valence-electron chi connectivity index (χ1n) is 6.05. The number of aromatic nitrogens is 1. The number of pyridine rings is 1. The van der Waals surface area contributed by atoms with Gasteiger partial charge in [-0.15, -0.1) is 11.3 Å². The molecule has 0 aliphatic rings. The molecule has 0 saturated carbocycles. The van der Waals surface area contributed by atoms with Gasteiger partial charge < -0.3 is 4.90 Å². The van der Waals surface area contributed by atoms with Crippen molar-refractivity contribution in [3.8, 4) is 0 Å². The van der Waals surface area contributed by atoms with E-state index in [4.69, 9.17) is 23.2 Å². The smallest absolute Gasteiger partial charge is 0.274 e. The molecule has 0 aliphatic heterocycles. The maximum atomic E-state index is 12.5. The first kappa shape index (κ1) is 15.3. The summed E-state index contributed by atoms with van der Waals surface area (Å²) in [6, 6.07) is 7.17. The van der Waals surface area contributed by atoms with Crippen LogP contribution in [0.25, 0.3) is 0 Å². The summed E-state index contributed by atoms with van der Waals surface area (Å²) in [6.45, 7) is 4.01. The van der Waals surface area contributed by atoms with E-state index in [9.17, 15) is 4.79 Å². The monoisotopic (exact) mass is 328 g/mol. The zero-order chi connectivity index (χ0) is 14.9. The van der Waals surface area contributed by atoms with Gasteiger partial charge in [0.15, 0.2) is 0 Å². The molecule has 0 aromatic carbocycles. The molecule has 1 amide bonds. The summed E-state index contributed by atoms with van der Waals surface area (Å²) in [5.41, 5.74) is 0.182. The Morgan fingerprint density at radius 1 is 1.30 bits per heavy atom. The van der Waals surface area contributed by atoms with Crippen LogP contribution in [0.15, 0.2) is 24.3 Å². The van der Waals surface area contributed by atoms with Gasteiger partial charge in [-0.1, -0.05) is 23.2 Å². The van der Waals surface area contributed by atoms with Crippen molar-refractivity contribution in [1.29, 1.82) is 0 Å². The molecule has 2 heterocycles. The summed E-state index contributed by atoms with van der Waals surface area (Å²) in [7, 11) is 1.74. The van der Waals surface area contributed by atoms with Crippen LogP contribution in [0.1, 0.15) is 33.2 Å². The lowest BCUT2D eigenvalue weighted by molar-refractivity contribution is 0.0739. The summed E-state index contributed by atoms with van der Waals surface area (Å²) in [4.78, 5) is 20.4. The van der Waals surface area contributed by atoms with E-state index in [0.29, 0.717) is 5.02 Å². The summed E-state index contributed by atoms with van der Waals surface area (Å²) in [6.07, 6.45) is 0. The summed E-state index contributed by atoms with van der Waals surface area (Å²) in [5, 5.41) is 0.562. The van der Waals surface area contributed by atoms with Gasteiger partial charge in [0, 0.05) is 16.8 Å². The fraction of sp³-hybridized carbons (Fsp3) is 0.286. The number of carbonyl (C=O) groups is 1. The Hall–Kier alpha value is -1.10. The fourth-order valence-corrected chi connectivity index (χ4v) is 3.09. The maximum absolute atomic E-state index is 12.5. The van der Waals surface area contributed by atoms with E-state index < -0.39 is 0 Å². The third-order valence-electron chi connectivity index (χ3n) is 3.09. The van der Waals surface area contributed by atoms with Gasteiger partial charge in [-0.3, -0.25) is 4.79 Å². The first-order valence-corrected chi connectivity index (χ1v) is 7.63. The molecule has 2 rings (SSSR count). The summed E-state index contributed by atoms with van der Waals surface area (Å²) >= 11 is 13.5. The fourth-order valence-electron chi connectivity index (χ4n) is 1.78. The number of carbonyl (C=O) groups excluding carboxylic acids is 1. The Kier molecular flexibility index (Phi) is 4.68. The van der Waals surface area contributed by atoms with Crippen LogP contribution in [0.3, 0.4) is 0 Å². The molecule has 1 unspecified atom stereocenters. The van der Waals surface area contributed by atoms with Gasteiger partial charge >= 0.3 is 0 Å². The highest BCUT2D eigenvalue weighted by Gasteiger charge is 2.23. The second-order valence-electron chi connectivity index (χ2n) is 4.50. The molecule has 0 radical (unpaired) electrons. The predicted molar refractivity (Wildman–Crippen MR) is 83.8 cm³/mol. The van der Waals surface area contributed by atoms with E-state index in [1.165, 1.54) is 4.88 Å². The van der Waals surface area contributed by atoms with E-state index >= 15 is 0 Å². The molecule has 0 bridgehead atoms. The molecule has 6 heteroatoms. The number of hydrogen-bond donors (Lipinski definition) is 0. The van der Waals surface area contributed by atoms with Gasteiger partial charge in [0.1, 0.15) is 10.8 Å². The molecule has 3 nitrogen and oxygen atoms in total. The van der Waals surface area contributed by atoms with Crippen LogP contribution in [0.4, 0.5) is 0 Å². The van der Waals surface area contributed by atoms with Crippen molar-refractivity contribution in [2.45, 2.75) is 19.9 Å². The van der Waals surface area contributed by atoms with Crippen molar-refractivity contribution in [3.05, 3.63) is 49.9 Å². The molecule has 106 valence electrons. The third-order valence-corrected chi connectivity index (χ3v) is 4.78. The lowest BCUT2D eigenvalue weighted by Gasteiger charge is -2.24. The van der Waals surface area contributed by atoms with Crippen LogP contribution in [0.2, 0.25) is 10.2 Å². The van der Waals surface area contributed by atoms with Crippen LogP contribution in [0, 0.1) is 6.92 Å². The van der Waals surface area contributed by atoms with Gasteiger partial charge in [-0.2, -0.15) is 0 Å². The quantitative estimate of drug-likeness (QED) is 0.772. The molecule has 0 N–H and O–H groups in total. The Morgan fingerprint density at radius 2 is 2.00 bits per heavy atom. The minimum Gasteiger partial charge on any atom is -0.333 e. The number of aryl methyl sites for hydroxylation is 1. The van der Waals surface area contributed by atoms with Crippen molar-refractivity contribution in [3.63, 3.8) is 0 Å². The second-order valence-corrected chi connectivity index (χ2v) is 6.62. The first-order chi connectivity index (χ1) is 9.40. The average molecular weight is 329 g/mol. The Bertz CT molecular complexity index is 642. The molecule has 1 atom stereocenters. The van der Waals surface area contributed by atoms with Crippen LogP contribution < -0.4 is 0 Å². The second kappa shape index (κ2) is 6.12. The normalized spacial score (nSPS) is 12.2. The maximum Gasteiger partial charge on any atom is 0.274 e. The van der Waals surface area contributed by atoms with E-state index in [0.717, 1.165) is 4.88 Å². The molecule has 2 aromatic heterocycles. The Balaban J connectivity index is 2.26. The van der Waals surface area contributed by atoms with E-state index in [-0.39, 0.29) is 22.8 Å². The molecule has 0 spiro atoms. The highest BCUT2D eigenvalue weighted by molar-refractivity contribution is 7.12. The molecular weight excluding hydrogens is 315 g/mol. The largest absolute Gasteiger partial charge is 0.333 e. The van der Waals surface area contributed by atoms with Crippen molar-refractivity contribution in [2.24, 2.45) is 0 Å². The molecule has 0 aliphatic carbocycles. The zero-order valence-corrected chi connectivity index (χ0v) is 13.7. The van der Waals surface area contributed by atoms with Gasteiger partial charge in [0.2, 0.25) is 0 Å².